The topological polar surface area (TPSA) is 123 Å². The lowest BCUT2D eigenvalue weighted by Gasteiger charge is -2.07. The predicted molar refractivity (Wildman–Crippen MR) is 98.3 cm³/mol. The number of hydrogen-bond donors (Lipinski definition) is 2. The van der Waals surface area contributed by atoms with Crippen LogP contribution in [0.15, 0.2) is 53.6 Å². The van der Waals surface area contributed by atoms with Crippen molar-refractivity contribution >= 4 is 23.7 Å². The molecule has 9 nitrogen and oxygen atoms in total. The van der Waals surface area contributed by atoms with E-state index in [-0.39, 0.29) is 12.3 Å². The Morgan fingerprint density at radius 1 is 1.19 bits per heavy atom. The van der Waals surface area contributed by atoms with E-state index in [2.05, 4.69) is 15.8 Å². The van der Waals surface area contributed by atoms with Crippen LogP contribution in [0.4, 0.5) is 5.69 Å². The number of hydrazone groups is 1. The zero-order chi connectivity index (χ0) is 19.6. The fourth-order valence-corrected chi connectivity index (χ4v) is 2.02. The minimum Gasteiger partial charge on any atom is -0.489 e. The van der Waals surface area contributed by atoms with Crippen LogP contribution in [0.1, 0.15) is 18.1 Å². The van der Waals surface area contributed by atoms with Crippen LogP contribution in [0.3, 0.4) is 0 Å². The van der Waals surface area contributed by atoms with Gasteiger partial charge >= 0.3 is 11.8 Å². The molecule has 0 saturated carbocycles. The molecular formula is C18H18N4O5. The van der Waals surface area contributed by atoms with Gasteiger partial charge in [-0.15, -0.1) is 0 Å². The smallest absolute Gasteiger partial charge is 0.329 e. The molecule has 0 bridgehead atoms. The van der Waals surface area contributed by atoms with Gasteiger partial charge in [0.05, 0.1) is 11.1 Å². The zero-order valence-electron chi connectivity index (χ0n) is 14.5. The Labute approximate surface area is 155 Å². The van der Waals surface area contributed by atoms with Crippen LogP contribution in [0.5, 0.6) is 5.75 Å². The van der Waals surface area contributed by atoms with Gasteiger partial charge in [0.2, 0.25) is 0 Å². The highest BCUT2D eigenvalue weighted by Gasteiger charge is 2.10. The van der Waals surface area contributed by atoms with E-state index in [1.165, 1.54) is 18.3 Å². The summed E-state index contributed by atoms with van der Waals surface area (Å²) >= 11 is 0. The van der Waals surface area contributed by atoms with Crippen molar-refractivity contribution in [2.75, 3.05) is 6.54 Å². The fraction of sp³-hybridized carbons (Fsp3) is 0.167. The highest BCUT2D eigenvalue weighted by Crippen LogP contribution is 2.16. The van der Waals surface area contributed by atoms with Crippen LogP contribution in [-0.2, 0) is 16.2 Å². The summed E-state index contributed by atoms with van der Waals surface area (Å²) in [6.07, 6.45) is 1.38. The van der Waals surface area contributed by atoms with E-state index >= 15 is 0 Å². The fourth-order valence-electron chi connectivity index (χ4n) is 2.02. The van der Waals surface area contributed by atoms with Gasteiger partial charge in [-0.25, -0.2) is 5.43 Å². The number of hydrogen-bond acceptors (Lipinski definition) is 6. The van der Waals surface area contributed by atoms with Crippen molar-refractivity contribution in [2.24, 2.45) is 5.10 Å². The van der Waals surface area contributed by atoms with Crippen LogP contribution in [0, 0.1) is 10.1 Å². The second-order valence-corrected chi connectivity index (χ2v) is 5.34. The summed E-state index contributed by atoms with van der Waals surface area (Å²) in [6.45, 7) is 2.30. The number of benzene rings is 2. The van der Waals surface area contributed by atoms with E-state index in [0.29, 0.717) is 17.9 Å². The normalized spacial score (nSPS) is 10.4. The van der Waals surface area contributed by atoms with Crippen molar-refractivity contribution in [3.05, 3.63) is 69.8 Å². The number of nitrogens with zero attached hydrogens (tertiary/aromatic N) is 2. The average Bonchev–Trinajstić information content (AvgIpc) is 2.67. The summed E-state index contributed by atoms with van der Waals surface area (Å²) in [5, 5.41) is 16.7. The molecule has 0 atom stereocenters. The van der Waals surface area contributed by atoms with E-state index in [9.17, 15) is 19.7 Å². The van der Waals surface area contributed by atoms with Gasteiger partial charge < -0.3 is 10.1 Å². The van der Waals surface area contributed by atoms with Gasteiger partial charge in [-0.05, 0) is 42.3 Å². The van der Waals surface area contributed by atoms with Crippen molar-refractivity contribution in [3.8, 4) is 5.75 Å². The molecular weight excluding hydrogens is 352 g/mol. The number of carbonyl (C=O) groups excluding carboxylic acids is 2. The van der Waals surface area contributed by atoms with E-state index in [4.69, 9.17) is 4.74 Å². The Morgan fingerprint density at radius 2 is 1.93 bits per heavy atom. The van der Waals surface area contributed by atoms with Crippen LogP contribution in [-0.4, -0.2) is 29.5 Å². The Morgan fingerprint density at radius 3 is 2.59 bits per heavy atom. The number of likely N-dealkylation sites (N-methyl/N-ethyl adjacent to an activating group) is 1. The number of nitrogens with one attached hydrogen (secondary N) is 2. The first-order valence-electron chi connectivity index (χ1n) is 8.07. The Kier molecular flexibility index (Phi) is 7.00. The molecule has 0 unspecified atom stereocenters. The standard InChI is InChI=1S/C18H18N4O5/c1-2-19-17(23)18(24)21-20-11-14-4-3-5-16(10-14)27-12-13-6-8-15(9-7-13)22(25)26/h3-11H,2,12H2,1H3,(H,19,23)(H,21,24)/b20-11-. The molecule has 0 saturated heterocycles. The molecule has 2 aromatic carbocycles. The third-order valence-electron chi connectivity index (χ3n) is 3.33. The molecule has 2 N–H and O–H groups in total. The molecule has 0 spiro atoms. The third kappa shape index (κ3) is 6.24. The van der Waals surface area contributed by atoms with Gasteiger partial charge in [-0.3, -0.25) is 19.7 Å². The molecule has 140 valence electrons. The SMILES string of the molecule is CCNC(=O)C(=O)N/N=C\c1cccc(OCc2ccc([N+](=O)[O-])cc2)c1. The largest absolute Gasteiger partial charge is 0.489 e. The molecule has 9 heteroatoms. The summed E-state index contributed by atoms with van der Waals surface area (Å²) in [6, 6.07) is 13.0. The molecule has 2 rings (SSSR count). The number of ether oxygens (including phenoxy) is 1. The van der Waals surface area contributed by atoms with E-state index < -0.39 is 16.7 Å². The van der Waals surface area contributed by atoms with Crippen molar-refractivity contribution < 1.29 is 19.2 Å². The average molecular weight is 370 g/mol. The van der Waals surface area contributed by atoms with Gasteiger partial charge in [0.1, 0.15) is 12.4 Å². The predicted octanol–water partition coefficient (Wildman–Crippen LogP) is 1.76. The van der Waals surface area contributed by atoms with Crippen molar-refractivity contribution in [1.29, 1.82) is 0 Å². The first kappa shape index (κ1) is 19.6. The Bertz CT molecular complexity index is 849. The van der Waals surface area contributed by atoms with Crippen molar-refractivity contribution in [3.63, 3.8) is 0 Å². The molecule has 2 amide bonds. The first-order chi connectivity index (χ1) is 13.0. The maximum Gasteiger partial charge on any atom is 0.329 e. The van der Waals surface area contributed by atoms with Crippen molar-refractivity contribution in [1.82, 2.24) is 10.7 Å². The molecule has 0 aromatic heterocycles. The molecule has 0 aliphatic heterocycles. The maximum atomic E-state index is 11.4. The number of carbonyl (C=O) groups is 2. The molecule has 2 aromatic rings. The highest BCUT2D eigenvalue weighted by molar-refractivity contribution is 6.35. The molecule has 27 heavy (non-hydrogen) atoms. The second kappa shape index (κ2) is 9.66. The minimum absolute atomic E-state index is 0.0200. The maximum absolute atomic E-state index is 11.4. The van der Waals surface area contributed by atoms with E-state index in [1.807, 2.05) is 0 Å². The summed E-state index contributed by atoms with van der Waals surface area (Å²) in [7, 11) is 0. The Balaban J connectivity index is 1.91. The lowest BCUT2D eigenvalue weighted by atomic mass is 10.2. The lowest BCUT2D eigenvalue weighted by Crippen LogP contribution is -2.37. The lowest BCUT2D eigenvalue weighted by molar-refractivity contribution is -0.384. The molecule has 0 fully saturated rings. The number of rotatable bonds is 7. The molecule has 0 radical (unpaired) electrons. The monoisotopic (exact) mass is 370 g/mol. The van der Waals surface area contributed by atoms with E-state index in [1.54, 1.807) is 43.3 Å². The summed E-state index contributed by atoms with van der Waals surface area (Å²) in [4.78, 5) is 32.9. The number of nitro groups is 1. The van der Waals surface area contributed by atoms with Crippen LogP contribution >= 0.6 is 0 Å². The quantitative estimate of drug-likeness (QED) is 0.333. The third-order valence-corrected chi connectivity index (χ3v) is 3.33. The number of nitro benzene ring substituents is 1. The van der Waals surface area contributed by atoms with Gasteiger partial charge in [-0.2, -0.15) is 5.10 Å². The number of amides is 2. The minimum atomic E-state index is -0.848. The highest BCUT2D eigenvalue weighted by atomic mass is 16.6. The molecule has 0 aliphatic carbocycles. The van der Waals surface area contributed by atoms with Crippen LogP contribution in [0.2, 0.25) is 0 Å². The van der Waals surface area contributed by atoms with Gasteiger partial charge in [0, 0.05) is 18.7 Å². The summed E-state index contributed by atoms with van der Waals surface area (Å²) in [5.41, 5.74) is 3.60. The second-order valence-electron chi connectivity index (χ2n) is 5.34. The van der Waals surface area contributed by atoms with E-state index in [0.717, 1.165) is 5.56 Å². The first-order valence-corrected chi connectivity index (χ1v) is 8.07. The summed E-state index contributed by atoms with van der Waals surface area (Å²) < 4.78 is 5.65. The zero-order valence-corrected chi connectivity index (χ0v) is 14.5. The molecule has 0 heterocycles. The van der Waals surface area contributed by atoms with Crippen molar-refractivity contribution in [2.45, 2.75) is 13.5 Å². The Hall–Kier alpha value is -3.75. The van der Waals surface area contributed by atoms with Crippen LogP contribution in [0.25, 0.3) is 0 Å². The van der Waals surface area contributed by atoms with Crippen LogP contribution < -0.4 is 15.5 Å². The molecule has 0 aliphatic rings. The van der Waals surface area contributed by atoms with Gasteiger partial charge in [0.25, 0.3) is 5.69 Å². The summed E-state index contributed by atoms with van der Waals surface area (Å²) in [5.74, 6) is -1.04. The van der Waals surface area contributed by atoms with Gasteiger partial charge in [-0.1, -0.05) is 12.1 Å². The van der Waals surface area contributed by atoms with Gasteiger partial charge in [0.15, 0.2) is 0 Å². The number of non-ortho nitro benzene ring substituents is 1.